The van der Waals surface area contributed by atoms with Gasteiger partial charge in [-0.1, -0.05) is 36.4 Å². The summed E-state index contributed by atoms with van der Waals surface area (Å²) in [6.07, 6.45) is 2.57. The Morgan fingerprint density at radius 3 is 2.64 bits per heavy atom. The molecule has 3 unspecified atom stereocenters. The summed E-state index contributed by atoms with van der Waals surface area (Å²) in [5.74, 6) is -1.08. The van der Waals surface area contributed by atoms with Crippen LogP contribution in [0.2, 0.25) is 0 Å². The van der Waals surface area contributed by atoms with E-state index >= 15 is 0 Å². The van der Waals surface area contributed by atoms with Gasteiger partial charge in [0.2, 0.25) is 0 Å². The molecular formula is C23H22F2N2O. The zero-order valence-corrected chi connectivity index (χ0v) is 15.6. The summed E-state index contributed by atoms with van der Waals surface area (Å²) in [7, 11) is 0. The Balaban J connectivity index is 1.48. The maximum atomic E-state index is 14.5. The Kier molecular flexibility index (Phi) is 5.35. The highest BCUT2D eigenvalue weighted by atomic mass is 19.1. The molecule has 28 heavy (non-hydrogen) atoms. The third-order valence-corrected chi connectivity index (χ3v) is 5.05. The standard InChI is InChI=1S/C23H22F2N2O/c1-15(21-9-5-6-10-26-21)27-22-13-18(22)19-11-17(24)12-20(25)23(19)28-14-16-7-3-2-4-8-16/h2-12,15,18,22,27H,13-14H2,1H3. The van der Waals surface area contributed by atoms with E-state index in [1.165, 1.54) is 6.07 Å². The molecule has 1 aromatic heterocycles. The average molecular weight is 380 g/mol. The number of benzene rings is 2. The summed E-state index contributed by atoms with van der Waals surface area (Å²) in [5.41, 5.74) is 2.46. The molecule has 1 N–H and O–H groups in total. The number of pyridine rings is 1. The van der Waals surface area contributed by atoms with Crippen molar-refractivity contribution in [3.63, 3.8) is 0 Å². The summed E-state index contributed by atoms with van der Waals surface area (Å²) in [5, 5.41) is 3.50. The molecule has 5 heteroatoms. The van der Waals surface area contributed by atoms with Crippen molar-refractivity contribution < 1.29 is 13.5 Å². The fraction of sp³-hybridized carbons (Fsp3) is 0.261. The molecule has 4 rings (SSSR count). The van der Waals surface area contributed by atoms with Crippen LogP contribution in [0.15, 0.2) is 66.9 Å². The summed E-state index contributed by atoms with van der Waals surface area (Å²) in [6.45, 7) is 2.28. The molecule has 0 aliphatic heterocycles. The van der Waals surface area contributed by atoms with Crippen LogP contribution in [0.3, 0.4) is 0 Å². The van der Waals surface area contributed by atoms with E-state index in [1.54, 1.807) is 6.20 Å². The molecule has 0 saturated heterocycles. The molecule has 144 valence electrons. The molecule has 0 radical (unpaired) electrons. The van der Waals surface area contributed by atoms with Gasteiger partial charge in [-0.15, -0.1) is 0 Å². The monoisotopic (exact) mass is 380 g/mol. The van der Waals surface area contributed by atoms with Gasteiger partial charge in [0.15, 0.2) is 11.6 Å². The maximum absolute atomic E-state index is 14.5. The molecule has 3 aromatic rings. The van der Waals surface area contributed by atoms with Gasteiger partial charge in [-0.3, -0.25) is 4.98 Å². The van der Waals surface area contributed by atoms with Crippen molar-refractivity contribution in [1.29, 1.82) is 0 Å². The van der Waals surface area contributed by atoms with Crippen molar-refractivity contribution in [3.05, 3.63) is 95.3 Å². The average Bonchev–Trinajstić information content (AvgIpc) is 3.47. The first-order valence-corrected chi connectivity index (χ1v) is 9.44. The highest BCUT2D eigenvalue weighted by Crippen LogP contribution is 2.47. The van der Waals surface area contributed by atoms with Crippen LogP contribution in [0.1, 0.15) is 42.1 Å². The molecular weight excluding hydrogens is 358 g/mol. The Morgan fingerprint density at radius 1 is 1.11 bits per heavy atom. The molecule has 1 saturated carbocycles. The lowest BCUT2D eigenvalue weighted by molar-refractivity contribution is 0.285. The lowest BCUT2D eigenvalue weighted by atomic mass is 10.1. The molecule has 2 aromatic carbocycles. The lowest BCUT2D eigenvalue weighted by Crippen LogP contribution is -2.23. The highest BCUT2D eigenvalue weighted by molar-refractivity contribution is 5.43. The quantitative estimate of drug-likeness (QED) is 0.616. The summed E-state index contributed by atoms with van der Waals surface area (Å²) in [4.78, 5) is 4.36. The number of aromatic nitrogens is 1. The van der Waals surface area contributed by atoms with Gasteiger partial charge in [0.1, 0.15) is 12.4 Å². The summed E-state index contributed by atoms with van der Waals surface area (Å²) in [6, 6.07) is 17.8. The first-order chi connectivity index (χ1) is 13.6. The Labute approximate surface area is 163 Å². The summed E-state index contributed by atoms with van der Waals surface area (Å²) >= 11 is 0. The predicted octanol–water partition coefficient (Wildman–Crippen LogP) is 5.15. The molecule has 1 fully saturated rings. The van der Waals surface area contributed by atoms with Gasteiger partial charge in [-0.2, -0.15) is 0 Å². The minimum absolute atomic E-state index is 0.0159. The minimum Gasteiger partial charge on any atom is -0.486 e. The number of nitrogens with zero attached hydrogens (tertiary/aromatic N) is 1. The largest absolute Gasteiger partial charge is 0.486 e. The van der Waals surface area contributed by atoms with Crippen LogP contribution in [0.5, 0.6) is 5.75 Å². The van der Waals surface area contributed by atoms with E-state index in [4.69, 9.17) is 4.74 Å². The van der Waals surface area contributed by atoms with E-state index in [2.05, 4.69) is 10.3 Å². The zero-order valence-electron chi connectivity index (χ0n) is 15.6. The van der Waals surface area contributed by atoms with Crippen molar-refractivity contribution >= 4 is 0 Å². The molecule has 1 heterocycles. The molecule has 1 aliphatic carbocycles. The fourth-order valence-electron chi connectivity index (χ4n) is 3.50. The number of hydrogen-bond acceptors (Lipinski definition) is 3. The number of ether oxygens (including phenoxy) is 1. The molecule has 3 atom stereocenters. The van der Waals surface area contributed by atoms with Crippen LogP contribution in [0, 0.1) is 11.6 Å². The zero-order chi connectivity index (χ0) is 19.5. The van der Waals surface area contributed by atoms with Crippen molar-refractivity contribution in [3.8, 4) is 5.75 Å². The molecule has 1 aliphatic rings. The summed E-state index contributed by atoms with van der Waals surface area (Å²) < 4.78 is 34.1. The van der Waals surface area contributed by atoms with E-state index in [1.807, 2.05) is 55.5 Å². The SMILES string of the molecule is CC(NC1CC1c1cc(F)cc(F)c1OCc1ccccc1)c1ccccn1. The second-order valence-electron chi connectivity index (χ2n) is 7.17. The lowest BCUT2D eigenvalue weighted by Gasteiger charge is -2.15. The second-order valence-corrected chi connectivity index (χ2v) is 7.17. The number of rotatable bonds is 7. The van der Waals surface area contributed by atoms with E-state index < -0.39 is 11.6 Å². The molecule has 0 spiro atoms. The van der Waals surface area contributed by atoms with E-state index in [0.717, 1.165) is 23.7 Å². The van der Waals surface area contributed by atoms with Crippen LogP contribution >= 0.6 is 0 Å². The number of hydrogen-bond donors (Lipinski definition) is 1. The third-order valence-electron chi connectivity index (χ3n) is 5.05. The van der Waals surface area contributed by atoms with Gasteiger partial charge in [-0.05, 0) is 37.1 Å². The Morgan fingerprint density at radius 2 is 1.89 bits per heavy atom. The number of nitrogens with one attached hydrogen (secondary N) is 1. The van der Waals surface area contributed by atoms with Crippen LogP contribution in [-0.4, -0.2) is 11.0 Å². The van der Waals surface area contributed by atoms with Gasteiger partial charge in [0.25, 0.3) is 0 Å². The molecule has 3 nitrogen and oxygen atoms in total. The minimum atomic E-state index is -0.658. The Hall–Kier alpha value is -2.79. The van der Waals surface area contributed by atoms with E-state index in [0.29, 0.717) is 5.56 Å². The first-order valence-electron chi connectivity index (χ1n) is 9.44. The van der Waals surface area contributed by atoms with Crippen LogP contribution in [-0.2, 0) is 6.61 Å². The molecule has 0 bridgehead atoms. The smallest absolute Gasteiger partial charge is 0.168 e. The normalized spacial score (nSPS) is 19.2. The topological polar surface area (TPSA) is 34.1 Å². The van der Waals surface area contributed by atoms with Crippen molar-refractivity contribution in [2.24, 2.45) is 0 Å². The van der Waals surface area contributed by atoms with Crippen LogP contribution < -0.4 is 10.1 Å². The second kappa shape index (κ2) is 8.07. The van der Waals surface area contributed by atoms with Crippen LogP contribution in [0.4, 0.5) is 8.78 Å². The predicted molar refractivity (Wildman–Crippen MR) is 104 cm³/mol. The highest BCUT2D eigenvalue weighted by Gasteiger charge is 2.42. The van der Waals surface area contributed by atoms with Gasteiger partial charge < -0.3 is 10.1 Å². The van der Waals surface area contributed by atoms with Gasteiger partial charge >= 0.3 is 0 Å². The maximum Gasteiger partial charge on any atom is 0.168 e. The first kappa shape index (κ1) is 18.6. The molecule has 0 amide bonds. The van der Waals surface area contributed by atoms with Crippen molar-refractivity contribution in [2.75, 3.05) is 0 Å². The van der Waals surface area contributed by atoms with Crippen molar-refractivity contribution in [1.82, 2.24) is 10.3 Å². The van der Waals surface area contributed by atoms with Gasteiger partial charge in [0, 0.05) is 35.8 Å². The van der Waals surface area contributed by atoms with Gasteiger partial charge in [-0.25, -0.2) is 8.78 Å². The number of halogens is 2. The van der Waals surface area contributed by atoms with E-state index in [9.17, 15) is 8.78 Å². The van der Waals surface area contributed by atoms with Gasteiger partial charge in [0.05, 0.1) is 5.69 Å². The van der Waals surface area contributed by atoms with Crippen LogP contribution in [0.25, 0.3) is 0 Å². The third kappa shape index (κ3) is 4.20. The Bertz CT molecular complexity index is 934. The van der Waals surface area contributed by atoms with E-state index in [-0.39, 0.29) is 30.4 Å². The fourth-order valence-corrected chi connectivity index (χ4v) is 3.50. The van der Waals surface area contributed by atoms with Crippen molar-refractivity contribution in [2.45, 2.75) is 38.0 Å².